The number of nitrogens with zero attached hydrogens (tertiary/aromatic N) is 3. The van der Waals surface area contributed by atoms with Crippen LogP contribution in [-0.2, 0) is 11.2 Å². The lowest BCUT2D eigenvalue weighted by molar-refractivity contribution is 0.122. The first-order valence-corrected chi connectivity index (χ1v) is 8.53. The number of rotatable bonds is 4. The van der Waals surface area contributed by atoms with Crippen molar-refractivity contribution < 1.29 is 9.47 Å². The number of hydrogen-bond donors (Lipinski definition) is 0. The van der Waals surface area contributed by atoms with E-state index in [1.54, 1.807) is 7.11 Å². The largest absolute Gasteiger partial charge is 0.497 e. The summed E-state index contributed by atoms with van der Waals surface area (Å²) in [6.45, 7) is 3.21. The molecule has 1 aliphatic rings. The van der Waals surface area contributed by atoms with Crippen LogP contribution >= 0.6 is 0 Å². The summed E-state index contributed by atoms with van der Waals surface area (Å²) in [4.78, 5) is 2.25. The third kappa shape index (κ3) is 3.42. The Labute approximate surface area is 147 Å². The summed E-state index contributed by atoms with van der Waals surface area (Å²) < 4.78 is 10.7. The van der Waals surface area contributed by atoms with E-state index in [0.717, 1.165) is 55.1 Å². The van der Waals surface area contributed by atoms with Crippen molar-refractivity contribution in [2.45, 2.75) is 6.42 Å². The fraction of sp³-hybridized carbons (Fsp3) is 0.300. The molecule has 3 aromatic rings. The highest BCUT2D eigenvalue weighted by Crippen LogP contribution is 2.26. The molecular weight excluding hydrogens is 314 g/mol. The van der Waals surface area contributed by atoms with Gasteiger partial charge in [0.1, 0.15) is 5.75 Å². The first-order chi connectivity index (χ1) is 12.3. The maximum Gasteiger partial charge on any atom is 0.159 e. The lowest BCUT2D eigenvalue weighted by atomic mass is 10.0. The van der Waals surface area contributed by atoms with Crippen molar-refractivity contribution in [2.75, 3.05) is 38.3 Å². The Kier molecular flexibility index (Phi) is 4.48. The number of benzene rings is 2. The Bertz CT molecular complexity index is 876. The van der Waals surface area contributed by atoms with Gasteiger partial charge in [0.2, 0.25) is 0 Å². The molecule has 4 rings (SSSR count). The Balaban J connectivity index is 1.64. The highest BCUT2D eigenvalue weighted by atomic mass is 16.5. The average molecular weight is 335 g/mol. The van der Waals surface area contributed by atoms with Gasteiger partial charge in [0, 0.05) is 23.9 Å². The molecule has 0 unspecified atom stereocenters. The van der Waals surface area contributed by atoms with E-state index in [1.165, 1.54) is 11.1 Å². The predicted octanol–water partition coefficient (Wildman–Crippen LogP) is 3.07. The summed E-state index contributed by atoms with van der Waals surface area (Å²) in [5.74, 6) is 1.84. The fourth-order valence-electron chi connectivity index (χ4n) is 3.26. The minimum Gasteiger partial charge on any atom is -0.497 e. The number of morpholine rings is 1. The lowest BCUT2D eigenvalue weighted by Crippen LogP contribution is -2.37. The van der Waals surface area contributed by atoms with Crippen LogP contribution in [0.1, 0.15) is 11.1 Å². The highest BCUT2D eigenvalue weighted by Gasteiger charge is 2.15. The van der Waals surface area contributed by atoms with Crippen LogP contribution < -0.4 is 9.64 Å². The third-order valence-electron chi connectivity index (χ3n) is 4.56. The maximum absolute atomic E-state index is 5.44. The summed E-state index contributed by atoms with van der Waals surface area (Å²) >= 11 is 0. The van der Waals surface area contributed by atoms with E-state index in [4.69, 9.17) is 9.47 Å². The van der Waals surface area contributed by atoms with Gasteiger partial charge < -0.3 is 14.4 Å². The van der Waals surface area contributed by atoms with Gasteiger partial charge >= 0.3 is 0 Å². The standard InChI is InChI=1S/C20H21N3O2/c1-24-18-4-2-3-15(13-18)11-16-5-6-19-17(12-16)14-21-22-20(19)23-7-9-25-10-8-23/h2-6,12-14H,7-11H2,1H3. The Hall–Kier alpha value is -2.66. The molecular formula is C20H21N3O2. The van der Waals surface area contributed by atoms with Crippen LogP contribution in [-0.4, -0.2) is 43.6 Å². The number of fused-ring (bicyclic) bond motifs is 1. The van der Waals surface area contributed by atoms with Crippen LogP contribution in [0, 0.1) is 0 Å². The van der Waals surface area contributed by atoms with E-state index in [0.29, 0.717) is 0 Å². The van der Waals surface area contributed by atoms with Crippen molar-refractivity contribution in [1.29, 1.82) is 0 Å². The van der Waals surface area contributed by atoms with E-state index in [-0.39, 0.29) is 0 Å². The van der Waals surface area contributed by atoms with Crippen LogP contribution in [0.3, 0.4) is 0 Å². The first kappa shape index (κ1) is 15.8. The number of hydrogen-bond acceptors (Lipinski definition) is 5. The molecule has 1 aromatic heterocycles. The molecule has 0 bridgehead atoms. The number of aromatic nitrogens is 2. The summed E-state index contributed by atoms with van der Waals surface area (Å²) in [7, 11) is 1.70. The van der Waals surface area contributed by atoms with Gasteiger partial charge in [0.25, 0.3) is 0 Å². The Morgan fingerprint density at radius 2 is 1.92 bits per heavy atom. The quantitative estimate of drug-likeness (QED) is 0.733. The highest BCUT2D eigenvalue weighted by molar-refractivity contribution is 5.92. The maximum atomic E-state index is 5.44. The molecule has 5 heteroatoms. The molecule has 128 valence electrons. The summed E-state index contributed by atoms with van der Waals surface area (Å²) in [6.07, 6.45) is 2.71. The molecule has 2 aromatic carbocycles. The summed E-state index contributed by atoms with van der Waals surface area (Å²) in [6, 6.07) is 14.7. The van der Waals surface area contributed by atoms with E-state index in [1.807, 2.05) is 18.3 Å². The Morgan fingerprint density at radius 1 is 1.08 bits per heavy atom. The SMILES string of the molecule is COc1cccc(Cc2ccc3c(N4CCOCC4)nncc3c2)c1. The second kappa shape index (κ2) is 7.07. The van der Waals surface area contributed by atoms with Crippen molar-refractivity contribution in [2.24, 2.45) is 0 Å². The van der Waals surface area contributed by atoms with Gasteiger partial charge in [-0.25, -0.2) is 0 Å². The zero-order valence-corrected chi connectivity index (χ0v) is 14.3. The summed E-state index contributed by atoms with van der Waals surface area (Å²) in [5.41, 5.74) is 2.48. The van der Waals surface area contributed by atoms with Crippen LogP contribution in [0.15, 0.2) is 48.7 Å². The molecule has 0 atom stereocenters. The van der Waals surface area contributed by atoms with E-state index >= 15 is 0 Å². The predicted molar refractivity (Wildman–Crippen MR) is 98.4 cm³/mol. The minimum atomic E-state index is 0.742. The van der Waals surface area contributed by atoms with Crippen LogP contribution in [0.2, 0.25) is 0 Å². The smallest absolute Gasteiger partial charge is 0.159 e. The molecule has 0 amide bonds. The number of ether oxygens (including phenoxy) is 2. The molecule has 2 heterocycles. The summed E-state index contributed by atoms with van der Waals surface area (Å²) in [5, 5.41) is 10.8. The number of anilines is 1. The van der Waals surface area contributed by atoms with Crippen molar-refractivity contribution in [3.05, 3.63) is 59.8 Å². The van der Waals surface area contributed by atoms with Crippen LogP contribution in [0.5, 0.6) is 5.75 Å². The van der Waals surface area contributed by atoms with Crippen molar-refractivity contribution in [1.82, 2.24) is 10.2 Å². The third-order valence-corrected chi connectivity index (χ3v) is 4.56. The molecule has 1 saturated heterocycles. The monoisotopic (exact) mass is 335 g/mol. The second-order valence-electron chi connectivity index (χ2n) is 6.22. The van der Waals surface area contributed by atoms with Gasteiger partial charge in [0.15, 0.2) is 5.82 Å². The molecule has 0 spiro atoms. The number of methoxy groups -OCH3 is 1. The minimum absolute atomic E-state index is 0.742. The molecule has 0 saturated carbocycles. The van der Waals surface area contributed by atoms with E-state index < -0.39 is 0 Å². The van der Waals surface area contributed by atoms with Crippen molar-refractivity contribution in [3.63, 3.8) is 0 Å². The average Bonchev–Trinajstić information content (AvgIpc) is 2.68. The van der Waals surface area contributed by atoms with Gasteiger partial charge in [-0.3, -0.25) is 0 Å². The zero-order chi connectivity index (χ0) is 17.1. The van der Waals surface area contributed by atoms with Gasteiger partial charge in [-0.15, -0.1) is 5.10 Å². The van der Waals surface area contributed by atoms with Crippen molar-refractivity contribution in [3.8, 4) is 5.75 Å². The first-order valence-electron chi connectivity index (χ1n) is 8.53. The lowest BCUT2D eigenvalue weighted by Gasteiger charge is -2.28. The second-order valence-corrected chi connectivity index (χ2v) is 6.22. The molecule has 1 fully saturated rings. The molecule has 25 heavy (non-hydrogen) atoms. The fourth-order valence-corrected chi connectivity index (χ4v) is 3.26. The topological polar surface area (TPSA) is 47.5 Å². The van der Waals surface area contributed by atoms with Gasteiger partial charge in [-0.05, 0) is 35.7 Å². The van der Waals surface area contributed by atoms with Gasteiger partial charge in [-0.1, -0.05) is 24.3 Å². The van der Waals surface area contributed by atoms with E-state index in [2.05, 4.69) is 45.4 Å². The van der Waals surface area contributed by atoms with Gasteiger partial charge in [-0.2, -0.15) is 5.10 Å². The zero-order valence-electron chi connectivity index (χ0n) is 14.3. The van der Waals surface area contributed by atoms with Gasteiger partial charge in [0.05, 0.1) is 26.5 Å². The van der Waals surface area contributed by atoms with Crippen LogP contribution in [0.25, 0.3) is 10.8 Å². The Morgan fingerprint density at radius 3 is 2.76 bits per heavy atom. The molecule has 5 nitrogen and oxygen atoms in total. The normalized spacial score (nSPS) is 14.7. The molecule has 0 N–H and O–H groups in total. The van der Waals surface area contributed by atoms with Crippen LogP contribution in [0.4, 0.5) is 5.82 Å². The molecule has 0 radical (unpaired) electrons. The van der Waals surface area contributed by atoms with Crippen molar-refractivity contribution >= 4 is 16.6 Å². The molecule has 0 aliphatic carbocycles. The molecule has 1 aliphatic heterocycles. The van der Waals surface area contributed by atoms with E-state index in [9.17, 15) is 0 Å².